The Morgan fingerprint density at radius 2 is 1.76 bits per heavy atom. The lowest BCUT2D eigenvalue weighted by atomic mass is 9.92. The minimum Gasteiger partial charge on any atom is -0.421 e. The number of amides is 2. The number of hydrogen-bond donors (Lipinski definition) is 2. The number of thiophene rings is 1. The van der Waals surface area contributed by atoms with E-state index in [1.54, 1.807) is 19.1 Å². The van der Waals surface area contributed by atoms with Crippen molar-refractivity contribution in [3.8, 4) is 21.9 Å². The van der Waals surface area contributed by atoms with E-state index in [4.69, 9.17) is 19.9 Å². The summed E-state index contributed by atoms with van der Waals surface area (Å²) in [5.74, 6) is -2.44. The lowest BCUT2D eigenvalue weighted by Gasteiger charge is -2.19. The number of rotatable bonds is 13. The Morgan fingerprint density at radius 1 is 0.978 bits per heavy atom. The molecule has 2 aromatic carbocycles. The van der Waals surface area contributed by atoms with Crippen LogP contribution in [0.2, 0.25) is 0 Å². The third kappa shape index (κ3) is 7.69. The molecule has 0 aliphatic rings. The monoisotopic (exact) mass is 645 g/mol. The summed E-state index contributed by atoms with van der Waals surface area (Å²) in [6, 6.07) is 16.6. The van der Waals surface area contributed by atoms with Crippen molar-refractivity contribution in [2.75, 3.05) is 6.61 Å². The summed E-state index contributed by atoms with van der Waals surface area (Å²) in [7, 11) is 0. The van der Waals surface area contributed by atoms with Gasteiger partial charge in [0.25, 0.3) is 11.8 Å². The molecule has 0 radical (unpaired) electrons. The van der Waals surface area contributed by atoms with Gasteiger partial charge in [-0.25, -0.2) is 8.78 Å². The van der Waals surface area contributed by atoms with Gasteiger partial charge >= 0.3 is 0 Å². The molecule has 0 saturated carbocycles. The number of nitrogens with zero attached hydrogens (tertiary/aromatic N) is 3. The first-order valence-electron chi connectivity index (χ1n) is 14.7. The van der Waals surface area contributed by atoms with Gasteiger partial charge in [0.2, 0.25) is 11.8 Å². The number of hydrogen-bond acceptors (Lipinski definition) is 8. The van der Waals surface area contributed by atoms with Crippen LogP contribution in [-0.4, -0.2) is 33.6 Å². The van der Waals surface area contributed by atoms with Gasteiger partial charge < -0.3 is 20.2 Å². The molecule has 0 unspecified atom stereocenters. The van der Waals surface area contributed by atoms with E-state index in [9.17, 15) is 18.4 Å². The highest BCUT2D eigenvalue weighted by Gasteiger charge is 2.29. The minimum atomic E-state index is -0.996. The molecule has 9 nitrogen and oxygen atoms in total. The predicted octanol–water partition coefficient (Wildman–Crippen LogP) is 6.43. The molecule has 12 heteroatoms. The van der Waals surface area contributed by atoms with Crippen LogP contribution in [0, 0.1) is 24.5 Å². The van der Waals surface area contributed by atoms with Gasteiger partial charge in [-0.15, -0.1) is 21.5 Å². The smallest absolute Gasteiger partial charge is 0.261 e. The third-order valence-corrected chi connectivity index (χ3v) is 8.14. The van der Waals surface area contributed by atoms with Gasteiger partial charge in [-0.1, -0.05) is 50.2 Å². The summed E-state index contributed by atoms with van der Waals surface area (Å²) >= 11 is 1.14. The first-order valence-corrected chi connectivity index (χ1v) is 15.5. The highest BCUT2D eigenvalue weighted by molar-refractivity contribution is 7.17. The molecule has 0 atom stereocenters. The molecule has 5 aromatic rings. The molecule has 3 N–H and O–H groups in total. The van der Waals surface area contributed by atoms with Crippen LogP contribution in [0.25, 0.3) is 21.9 Å². The SMILES string of the molecule is Cc1nnc(-c2c(CCOCc3ccccc3)nc(CC(C)C)c(C(N)=O)c2-c2ccc(C(=O)NCc3ccc(F)c(F)c3)s2)o1. The van der Waals surface area contributed by atoms with Gasteiger partial charge in [-0.3, -0.25) is 14.6 Å². The lowest BCUT2D eigenvalue weighted by Crippen LogP contribution is -2.21. The predicted molar refractivity (Wildman–Crippen MR) is 170 cm³/mol. The fourth-order valence-electron chi connectivity index (χ4n) is 4.99. The number of halogens is 2. The maximum Gasteiger partial charge on any atom is 0.261 e. The molecule has 3 heterocycles. The Balaban J connectivity index is 1.54. The van der Waals surface area contributed by atoms with E-state index in [0.717, 1.165) is 29.0 Å². The van der Waals surface area contributed by atoms with Crippen molar-refractivity contribution in [3.05, 3.63) is 111 Å². The fraction of sp³-hybridized carbons (Fsp3) is 0.265. The van der Waals surface area contributed by atoms with Crippen molar-refractivity contribution in [1.82, 2.24) is 20.5 Å². The topological polar surface area (TPSA) is 133 Å². The van der Waals surface area contributed by atoms with Crippen LogP contribution >= 0.6 is 11.3 Å². The Labute approximate surface area is 268 Å². The highest BCUT2D eigenvalue weighted by atomic mass is 32.1. The Bertz CT molecular complexity index is 1860. The summed E-state index contributed by atoms with van der Waals surface area (Å²) < 4.78 is 38.9. The third-order valence-electron chi connectivity index (χ3n) is 7.04. The largest absolute Gasteiger partial charge is 0.421 e. The quantitative estimate of drug-likeness (QED) is 0.141. The number of nitrogens with one attached hydrogen (secondary N) is 1. The number of primary amides is 1. The van der Waals surface area contributed by atoms with E-state index in [0.29, 0.717) is 69.8 Å². The van der Waals surface area contributed by atoms with Crippen molar-refractivity contribution < 1.29 is 27.5 Å². The molecule has 0 saturated heterocycles. The van der Waals surface area contributed by atoms with E-state index >= 15 is 0 Å². The standard InChI is InChI=1S/C34H33F2N5O4S/c1-19(2)15-26-29(32(37)42)31(27-11-12-28(46-27)33(43)38-17-22-9-10-23(35)24(36)16-22)30(34-41-40-20(3)45-34)25(39-26)13-14-44-18-21-7-5-4-6-8-21/h4-12,16,19H,13-15,17-18H2,1-3H3,(H2,37,42)(H,38,43). The zero-order valence-electron chi connectivity index (χ0n) is 25.6. The summed E-state index contributed by atoms with van der Waals surface area (Å²) in [6.45, 7) is 6.42. The maximum absolute atomic E-state index is 13.7. The first-order chi connectivity index (χ1) is 22.1. The van der Waals surface area contributed by atoms with Gasteiger partial charge in [-0.2, -0.15) is 0 Å². The summed E-state index contributed by atoms with van der Waals surface area (Å²) in [4.78, 5) is 32.1. The highest BCUT2D eigenvalue weighted by Crippen LogP contribution is 2.41. The number of benzene rings is 2. The van der Waals surface area contributed by atoms with Crippen LogP contribution in [0.15, 0.2) is 65.1 Å². The Hall–Kier alpha value is -4.81. The maximum atomic E-state index is 13.7. The molecule has 46 heavy (non-hydrogen) atoms. The van der Waals surface area contributed by atoms with Crippen LogP contribution < -0.4 is 11.1 Å². The van der Waals surface area contributed by atoms with Crippen molar-refractivity contribution in [2.45, 2.75) is 46.8 Å². The second kappa shape index (κ2) is 14.5. The number of ether oxygens (including phenoxy) is 1. The molecule has 0 aliphatic heterocycles. The van der Waals surface area contributed by atoms with Crippen molar-refractivity contribution in [3.63, 3.8) is 0 Å². The summed E-state index contributed by atoms with van der Waals surface area (Å²) in [6.07, 6.45) is 0.840. The van der Waals surface area contributed by atoms with Crippen LogP contribution in [0.5, 0.6) is 0 Å². The molecular formula is C34H33F2N5O4S. The Morgan fingerprint density at radius 3 is 2.43 bits per heavy atom. The summed E-state index contributed by atoms with van der Waals surface area (Å²) in [5.41, 5.74) is 9.67. The van der Waals surface area contributed by atoms with E-state index < -0.39 is 23.4 Å². The van der Waals surface area contributed by atoms with Crippen molar-refractivity contribution in [2.24, 2.45) is 11.7 Å². The fourth-order valence-corrected chi connectivity index (χ4v) is 5.97. The molecule has 2 amide bonds. The van der Waals surface area contributed by atoms with E-state index in [1.807, 2.05) is 44.2 Å². The van der Waals surface area contributed by atoms with Crippen LogP contribution in [0.4, 0.5) is 8.78 Å². The average Bonchev–Trinajstić information content (AvgIpc) is 3.69. The number of aryl methyl sites for hydroxylation is 1. The number of carbonyl (C=O) groups excluding carboxylic acids is 2. The van der Waals surface area contributed by atoms with E-state index in [-0.39, 0.29) is 23.9 Å². The molecule has 238 valence electrons. The van der Waals surface area contributed by atoms with Crippen LogP contribution in [0.1, 0.15) is 62.3 Å². The van der Waals surface area contributed by atoms with E-state index in [2.05, 4.69) is 15.5 Å². The van der Waals surface area contributed by atoms with E-state index in [1.165, 1.54) is 6.07 Å². The zero-order valence-corrected chi connectivity index (χ0v) is 26.4. The second-order valence-electron chi connectivity index (χ2n) is 11.1. The number of pyridine rings is 1. The van der Waals surface area contributed by atoms with Gasteiger partial charge in [-0.05, 0) is 47.7 Å². The first kappa shape index (κ1) is 32.6. The number of aromatic nitrogens is 3. The number of nitrogens with two attached hydrogens (primary N) is 1. The van der Waals surface area contributed by atoms with Gasteiger partial charge in [0.15, 0.2) is 11.6 Å². The van der Waals surface area contributed by atoms with Gasteiger partial charge in [0, 0.05) is 30.3 Å². The summed E-state index contributed by atoms with van der Waals surface area (Å²) in [5, 5.41) is 11.0. The molecular weight excluding hydrogens is 612 g/mol. The number of carbonyl (C=O) groups is 2. The minimum absolute atomic E-state index is 0.0107. The zero-order chi connectivity index (χ0) is 32.8. The second-order valence-corrected chi connectivity index (χ2v) is 12.2. The van der Waals surface area contributed by atoms with Crippen LogP contribution in [0.3, 0.4) is 0 Å². The molecule has 0 fully saturated rings. The molecule has 3 aromatic heterocycles. The van der Waals surface area contributed by atoms with Crippen LogP contribution in [-0.2, 0) is 30.7 Å². The van der Waals surface area contributed by atoms with Crippen molar-refractivity contribution in [1.29, 1.82) is 0 Å². The molecule has 0 bridgehead atoms. The normalized spacial score (nSPS) is 11.3. The molecule has 0 spiro atoms. The Kier molecular flexibility index (Phi) is 10.3. The van der Waals surface area contributed by atoms with Gasteiger partial charge in [0.05, 0.1) is 40.6 Å². The lowest BCUT2D eigenvalue weighted by molar-refractivity contribution is 0.0953. The average molecular weight is 646 g/mol. The van der Waals surface area contributed by atoms with Crippen molar-refractivity contribution >= 4 is 23.2 Å². The molecule has 5 rings (SSSR count). The molecule has 0 aliphatic carbocycles. The van der Waals surface area contributed by atoms with Gasteiger partial charge in [0.1, 0.15) is 0 Å².